The zero-order valence-corrected chi connectivity index (χ0v) is 16.8. The standard InChI is InChI=1S/C20H24N6O3/c1-14(2)29-20(27)25-11-9-24(10-12-25)17-7-8-26-19(23-17)15(13-21-26)16-5-4-6-18(22-16)28-3/h4-8,13-14H,9-12H2,1-3H3. The molecule has 4 heterocycles. The Morgan fingerprint density at radius 2 is 1.90 bits per heavy atom. The van der Waals surface area contributed by atoms with Crippen LogP contribution in [0.3, 0.4) is 0 Å². The van der Waals surface area contributed by atoms with Gasteiger partial charge in [0, 0.05) is 38.4 Å². The van der Waals surface area contributed by atoms with Crippen LogP contribution in [0.25, 0.3) is 16.9 Å². The molecule has 1 amide bonds. The molecule has 0 bridgehead atoms. The van der Waals surface area contributed by atoms with Crippen molar-refractivity contribution in [3.05, 3.63) is 36.7 Å². The summed E-state index contributed by atoms with van der Waals surface area (Å²) in [6.07, 6.45) is 3.27. The number of fused-ring (bicyclic) bond motifs is 1. The molecule has 1 aliphatic rings. The summed E-state index contributed by atoms with van der Waals surface area (Å²) in [5, 5.41) is 4.38. The Labute approximate surface area is 168 Å². The molecule has 3 aromatic rings. The van der Waals surface area contributed by atoms with Crippen molar-refractivity contribution < 1.29 is 14.3 Å². The first-order valence-electron chi connectivity index (χ1n) is 9.61. The molecule has 1 aliphatic heterocycles. The highest BCUT2D eigenvalue weighted by atomic mass is 16.6. The molecule has 1 fully saturated rings. The zero-order valence-electron chi connectivity index (χ0n) is 16.8. The number of carbonyl (C=O) groups is 1. The molecule has 0 spiro atoms. The number of anilines is 1. The third kappa shape index (κ3) is 3.94. The Balaban J connectivity index is 1.54. The molecule has 0 atom stereocenters. The minimum Gasteiger partial charge on any atom is -0.481 e. The maximum atomic E-state index is 12.1. The van der Waals surface area contributed by atoms with E-state index >= 15 is 0 Å². The largest absolute Gasteiger partial charge is 0.481 e. The summed E-state index contributed by atoms with van der Waals surface area (Å²) in [5.41, 5.74) is 2.32. The van der Waals surface area contributed by atoms with Gasteiger partial charge in [-0.1, -0.05) is 6.07 Å². The van der Waals surface area contributed by atoms with E-state index in [4.69, 9.17) is 14.5 Å². The highest BCUT2D eigenvalue weighted by molar-refractivity contribution is 5.75. The number of nitrogens with zero attached hydrogens (tertiary/aromatic N) is 6. The van der Waals surface area contributed by atoms with Crippen LogP contribution >= 0.6 is 0 Å². The van der Waals surface area contributed by atoms with Gasteiger partial charge < -0.3 is 19.3 Å². The SMILES string of the molecule is COc1cccc(-c2cnn3ccc(N4CCN(C(=O)OC(C)C)CC4)nc23)n1. The molecule has 0 unspecified atom stereocenters. The Kier molecular flexibility index (Phi) is 5.20. The van der Waals surface area contributed by atoms with Crippen molar-refractivity contribution in [3.8, 4) is 17.1 Å². The Bertz CT molecular complexity index is 1010. The summed E-state index contributed by atoms with van der Waals surface area (Å²) in [5.74, 6) is 1.39. The first kappa shape index (κ1) is 19.0. The predicted octanol–water partition coefficient (Wildman–Crippen LogP) is 2.47. The second-order valence-electron chi connectivity index (χ2n) is 7.08. The fraction of sp³-hybridized carbons (Fsp3) is 0.400. The fourth-order valence-corrected chi connectivity index (χ4v) is 3.29. The van der Waals surface area contributed by atoms with Gasteiger partial charge in [-0.25, -0.2) is 19.3 Å². The highest BCUT2D eigenvalue weighted by Gasteiger charge is 2.24. The van der Waals surface area contributed by atoms with E-state index in [0.29, 0.717) is 32.1 Å². The van der Waals surface area contributed by atoms with Gasteiger partial charge in [-0.3, -0.25) is 0 Å². The van der Waals surface area contributed by atoms with Crippen molar-refractivity contribution in [1.29, 1.82) is 0 Å². The van der Waals surface area contributed by atoms with Gasteiger partial charge in [-0.2, -0.15) is 5.10 Å². The Hall–Kier alpha value is -3.36. The van der Waals surface area contributed by atoms with E-state index in [9.17, 15) is 4.79 Å². The van der Waals surface area contributed by atoms with Crippen LogP contribution in [0.1, 0.15) is 13.8 Å². The van der Waals surface area contributed by atoms with E-state index in [1.807, 2.05) is 38.2 Å². The van der Waals surface area contributed by atoms with Crippen LogP contribution in [0.5, 0.6) is 5.88 Å². The first-order chi connectivity index (χ1) is 14.0. The number of hydrogen-bond acceptors (Lipinski definition) is 7. The van der Waals surface area contributed by atoms with Crippen LogP contribution < -0.4 is 9.64 Å². The van der Waals surface area contributed by atoms with Gasteiger partial charge in [0.15, 0.2) is 5.65 Å². The van der Waals surface area contributed by atoms with Crippen LogP contribution in [0.15, 0.2) is 36.7 Å². The van der Waals surface area contributed by atoms with E-state index in [1.165, 1.54) is 0 Å². The molecule has 4 rings (SSSR count). The van der Waals surface area contributed by atoms with Gasteiger partial charge in [0.2, 0.25) is 5.88 Å². The summed E-state index contributed by atoms with van der Waals surface area (Å²) in [7, 11) is 1.59. The van der Waals surface area contributed by atoms with Gasteiger partial charge >= 0.3 is 6.09 Å². The number of carbonyl (C=O) groups excluding carboxylic acids is 1. The van der Waals surface area contributed by atoms with Gasteiger partial charge in [-0.15, -0.1) is 0 Å². The van der Waals surface area contributed by atoms with Gasteiger partial charge in [0.1, 0.15) is 5.82 Å². The molecule has 0 aromatic carbocycles. The van der Waals surface area contributed by atoms with Crippen molar-refractivity contribution in [2.45, 2.75) is 20.0 Å². The summed E-state index contributed by atoms with van der Waals surface area (Å²) < 4.78 is 12.2. The van der Waals surface area contributed by atoms with Crippen LogP contribution in [0.2, 0.25) is 0 Å². The van der Waals surface area contributed by atoms with Crippen LogP contribution in [-0.2, 0) is 4.74 Å². The van der Waals surface area contributed by atoms with Crippen molar-refractivity contribution in [1.82, 2.24) is 24.5 Å². The van der Waals surface area contributed by atoms with Gasteiger partial charge in [0.25, 0.3) is 0 Å². The maximum absolute atomic E-state index is 12.1. The summed E-state index contributed by atoms with van der Waals surface area (Å²) >= 11 is 0. The topological polar surface area (TPSA) is 85.1 Å². The average Bonchev–Trinajstić information content (AvgIpc) is 3.16. The number of piperazine rings is 1. The molecule has 9 heteroatoms. The lowest BCUT2D eigenvalue weighted by Gasteiger charge is -2.35. The van der Waals surface area contributed by atoms with E-state index < -0.39 is 0 Å². The molecule has 29 heavy (non-hydrogen) atoms. The molecular weight excluding hydrogens is 372 g/mol. The number of hydrogen-bond donors (Lipinski definition) is 0. The minimum atomic E-state index is -0.259. The van der Waals surface area contributed by atoms with Crippen LogP contribution in [-0.4, -0.2) is 70.0 Å². The van der Waals surface area contributed by atoms with Crippen LogP contribution in [0.4, 0.5) is 10.6 Å². The Morgan fingerprint density at radius 3 is 2.62 bits per heavy atom. The lowest BCUT2D eigenvalue weighted by molar-refractivity contribution is 0.0751. The van der Waals surface area contributed by atoms with Gasteiger partial charge in [-0.05, 0) is 26.0 Å². The number of amides is 1. The van der Waals surface area contributed by atoms with Crippen molar-refractivity contribution >= 4 is 17.6 Å². The Morgan fingerprint density at radius 1 is 1.10 bits per heavy atom. The normalized spacial score (nSPS) is 14.5. The van der Waals surface area contributed by atoms with Crippen molar-refractivity contribution in [3.63, 3.8) is 0 Å². The molecule has 1 saturated heterocycles. The third-order valence-corrected chi connectivity index (χ3v) is 4.76. The smallest absolute Gasteiger partial charge is 0.410 e. The number of pyridine rings is 1. The molecule has 9 nitrogen and oxygen atoms in total. The number of aromatic nitrogens is 4. The summed E-state index contributed by atoms with van der Waals surface area (Å²) in [4.78, 5) is 25.3. The minimum absolute atomic E-state index is 0.116. The number of rotatable bonds is 4. The molecular formula is C20H24N6O3. The van der Waals surface area contributed by atoms with Gasteiger partial charge in [0.05, 0.1) is 30.7 Å². The number of ether oxygens (including phenoxy) is 2. The van der Waals surface area contributed by atoms with E-state index in [-0.39, 0.29) is 12.2 Å². The number of methoxy groups -OCH3 is 1. The second-order valence-corrected chi connectivity index (χ2v) is 7.08. The highest BCUT2D eigenvalue weighted by Crippen LogP contribution is 2.25. The molecule has 0 saturated carbocycles. The molecule has 0 N–H and O–H groups in total. The van der Waals surface area contributed by atoms with E-state index in [1.54, 1.807) is 28.8 Å². The molecule has 152 valence electrons. The molecule has 3 aromatic heterocycles. The zero-order chi connectivity index (χ0) is 20.4. The van der Waals surface area contributed by atoms with E-state index in [0.717, 1.165) is 22.7 Å². The van der Waals surface area contributed by atoms with E-state index in [2.05, 4.69) is 15.0 Å². The monoisotopic (exact) mass is 396 g/mol. The average molecular weight is 396 g/mol. The summed E-state index contributed by atoms with van der Waals surface area (Å²) in [6, 6.07) is 7.54. The first-order valence-corrected chi connectivity index (χ1v) is 9.61. The predicted molar refractivity (Wildman–Crippen MR) is 108 cm³/mol. The van der Waals surface area contributed by atoms with Crippen molar-refractivity contribution in [2.24, 2.45) is 0 Å². The van der Waals surface area contributed by atoms with Crippen molar-refractivity contribution in [2.75, 3.05) is 38.2 Å². The molecule has 0 aliphatic carbocycles. The third-order valence-electron chi connectivity index (χ3n) is 4.76. The molecule has 0 radical (unpaired) electrons. The summed E-state index contributed by atoms with van der Waals surface area (Å²) in [6.45, 7) is 6.29. The second kappa shape index (κ2) is 7.94. The lowest BCUT2D eigenvalue weighted by Crippen LogP contribution is -2.49. The maximum Gasteiger partial charge on any atom is 0.410 e. The van der Waals surface area contributed by atoms with Crippen LogP contribution in [0, 0.1) is 0 Å². The fourth-order valence-electron chi connectivity index (χ4n) is 3.29. The lowest BCUT2D eigenvalue weighted by atomic mass is 10.2. The quantitative estimate of drug-likeness (QED) is 0.670.